The molecular formula is C49H35N3O. The second-order valence-corrected chi connectivity index (χ2v) is 14.3. The van der Waals surface area contributed by atoms with Crippen LogP contribution in [0.25, 0.3) is 44.5 Å². The molecular weight excluding hydrogens is 647 g/mol. The number of para-hydroxylation sites is 5. The average Bonchev–Trinajstić information content (AvgIpc) is 3.84. The van der Waals surface area contributed by atoms with Crippen molar-refractivity contribution in [2.75, 3.05) is 9.80 Å². The van der Waals surface area contributed by atoms with Crippen molar-refractivity contribution in [3.8, 4) is 5.69 Å². The molecule has 2 atom stereocenters. The third-order valence-corrected chi connectivity index (χ3v) is 11.4. The Morgan fingerprint density at radius 2 is 1.21 bits per heavy atom. The van der Waals surface area contributed by atoms with Gasteiger partial charge in [0.15, 0.2) is 0 Å². The second kappa shape index (κ2) is 11.4. The van der Waals surface area contributed by atoms with Crippen LogP contribution in [0.2, 0.25) is 0 Å². The molecule has 4 heteroatoms. The molecule has 0 radical (unpaired) electrons. The summed E-state index contributed by atoms with van der Waals surface area (Å²) < 4.78 is 9.62. The lowest BCUT2D eigenvalue weighted by Crippen LogP contribution is -2.43. The Kier molecular flexibility index (Phi) is 6.41. The summed E-state index contributed by atoms with van der Waals surface area (Å²) in [4.78, 5) is 4.85. The molecule has 0 amide bonds. The highest BCUT2D eigenvalue weighted by Gasteiger charge is 2.52. The van der Waals surface area contributed by atoms with Gasteiger partial charge in [0.05, 0.1) is 27.9 Å². The first-order chi connectivity index (χ1) is 26.2. The van der Waals surface area contributed by atoms with Crippen LogP contribution in [-0.2, 0) is 0 Å². The van der Waals surface area contributed by atoms with E-state index in [1.54, 1.807) is 0 Å². The van der Waals surface area contributed by atoms with Crippen molar-refractivity contribution >= 4 is 67.3 Å². The molecule has 11 rings (SSSR count). The Labute approximate surface area is 308 Å². The number of benzene rings is 7. The van der Waals surface area contributed by atoms with Crippen molar-refractivity contribution in [1.29, 1.82) is 0 Å². The summed E-state index contributed by atoms with van der Waals surface area (Å²) in [5.74, 6) is 1.02. The van der Waals surface area contributed by atoms with Crippen molar-refractivity contribution in [3.05, 3.63) is 199 Å². The minimum atomic E-state index is -0.412. The molecule has 2 aliphatic rings. The van der Waals surface area contributed by atoms with Crippen molar-refractivity contribution < 1.29 is 4.42 Å². The molecule has 7 aromatic carbocycles. The summed E-state index contributed by atoms with van der Waals surface area (Å²) in [6.07, 6.45) is 4.72. The number of rotatable bonds is 5. The van der Waals surface area contributed by atoms with E-state index >= 15 is 0 Å². The summed E-state index contributed by atoms with van der Waals surface area (Å²) in [5.41, 5.74) is 12.1. The van der Waals surface area contributed by atoms with Crippen LogP contribution in [0, 0.1) is 0 Å². The van der Waals surface area contributed by atoms with Crippen LogP contribution in [0.4, 0.5) is 28.4 Å². The zero-order chi connectivity index (χ0) is 35.1. The molecule has 3 heterocycles. The van der Waals surface area contributed by atoms with Crippen LogP contribution >= 0.6 is 0 Å². The van der Waals surface area contributed by atoms with Gasteiger partial charge in [0, 0.05) is 50.5 Å². The average molecular weight is 682 g/mol. The van der Waals surface area contributed by atoms with E-state index in [-0.39, 0.29) is 5.92 Å². The van der Waals surface area contributed by atoms with Crippen LogP contribution in [0.3, 0.4) is 0 Å². The molecule has 0 fully saturated rings. The molecule has 1 aliphatic heterocycles. The van der Waals surface area contributed by atoms with E-state index in [1.807, 2.05) is 0 Å². The number of hydrogen-bond acceptors (Lipinski definition) is 3. The molecule has 1 aliphatic carbocycles. The number of hydrogen-bond donors (Lipinski definition) is 0. The summed E-state index contributed by atoms with van der Waals surface area (Å²) in [7, 11) is 0. The molecule has 9 aromatic rings. The Balaban J connectivity index is 1.10. The zero-order valence-corrected chi connectivity index (χ0v) is 29.2. The molecule has 4 nitrogen and oxygen atoms in total. The lowest BCUT2D eigenvalue weighted by Gasteiger charge is -2.40. The first kappa shape index (κ1) is 29.9. The predicted octanol–water partition coefficient (Wildman–Crippen LogP) is 13.1. The van der Waals surface area contributed by atoms with Crippen LogP contribution in [0.1, 0.15) is 29.7 Å². The minimum Gasteiger partial charge on any atom is -0.459 e. The summed E-state index contributed by atoms with van der Waals surface area (Å²) in [6, 6.07) is 62.9. The van der Waals surface area contributed by atoms with Gasteiger partial charge in [-0.25, -0.2) is 0 Å². The Morgan fingerprint density at radius 3 is 1.98 bits per heavy atom. The molecule has 252 valence electrons. The maximum absolute atomic E-state index is 7.26. The van der Waals surface area contributed by atoms with Gasteiger partial charge in [-0.1, -0.05) is 109 Å². The molecule has 2 unspecified atom stereocenters. The van der Waals surface area contributed by atoms with E-state index < -0.39 is 5.54 Å². The van der Waals surface area contributed by atoms with E-state index in [1.165, 1.54) is 27.7 Å². The fourth-order valence-corrected chi connectivity index (χ4v) is 9.14. The van der Waals surface area contributed by atoms with Gasteiger partial charge >= 0.3 is 0 Å². The van der Waals surface area contributed by atoms with Crippen LogP contribution in [0.15, 0.2) is 186 Å². The molecule has 0 saturated heterocycles. The largest absolute Gasteiger partial charge is 0.459 e. The van der Waals surface area contributed by atoms with Gasteiger partial charge in [0.25, 0.3) is 0 Å². The van der Waals surface area contributed by atoms with Crippen molar-refractivity contribution in [2.24, 2.45) is 0 Å². The zero-order valence-electron chi connectivity index (χ0n) is 29.2. The van der Waals surface area contributed by atoms with Gasteiger partial charge in [0.2, 0.25) is 0 Å². The van der Waals surface area contributed by atoms with Crippen LogP contribution in [0.5, 0.6) is 0 Å². The molecule has 0 saturated carbocycles. The third kappa shape index (κ3) is 4.30. The Hall–Kier alpha value is -6.78. The van der Waals surface area contributed by atoms with Gasteiger partial charge in [-0.05, 0) is 91.3 Å². The summed E-state index contributed by atoms with van der Waals surface area (Å²) in [6.45, 7) is 2.36. The highest BCUT2D eigenvalue weighted by Crippen LogP contribution is 2.59. The topological polar surface area (TPSA) is 24.6 Å². The van der Waals surface area contributed by atoms with Gasteiger partial charge < -0.3 is 18.8 Å². The van der Waals surface area contributed by atoms with E-state index in [2.05, 4.69) is 209 Å². The van der Waals surface area contributed by atoms with Gasteiger partial charge in [0.1, 0.15) is 11.3 Å². The molecule has 53 heavy (non-hydrogen) atoms. The molecule has 2 aromatic heterocycles. The number of furan rings is 1. The number of aromatic nitrogens is 1. The lowest BCUT2D eigenvalue weighted by atomic mass is 9.76. The molecule has 0 spiro atoms. The number of fused-ring (bicyclic) bond motifs is 11. The lowest BCUT2D eigenvalue weighted by molar-refractivity contribution is 0.441. The Bertz CT molecular complexity index is 2830. The monoisotopic (exact) mass is 681 g/mol. The number of nitrogens with zero attached hydrogens (tertiary/aromatic N) is 3. The standard InChI is InChI=1S/C49H35N3O/c1-49-31-30-39-38-28-29-44-45(40-24-11-13-26-42(40)51(44)35-20-9-4-10-21-35)47(38)53-48(39)46(49)41-25-12-14-27-43(41)52(49)37-23-15-22-36(32-37)50(33-16-5-2-6-17-33)34-18-7-3-8-19-34/h2-32,46H,1H3. The fraction of sp³-hybridized carbons (Fsp3) is 0.0612. The van der Waals surface area contributed by atoms with E-state index in [4.69, 9.17) is 4.42 Å². The van der Waals surface area contributed by atoms with E-state index in [9.17, 15) is 0 Å². The van der Waals surface area contributed by atoms with Gasteiger partial charge in [-0.2, -0.15) is 0 Å². The summed E-state index contributed by atoms with van der Waals surface area (Å²) >= 11 is 0. The summed E-state index contributed by atoms with van der Waals surface area (Å²) in [5, 5.41) is 3.51. The maximum Gasteiger partial charge on any atom is 0.144 e. The molecule has 0 N–H and O–H groups in total. The normalized spacial score (nSPS) is 17.3. The smallest absolute Gasteiger partial charge is 0.144 e. The first-order valence-electron chi connectivity index (χ1n) is 18.3. The van der Waals surface area contributed by atoms with E-state index in [0.29, 0.717) is 0 Å². The van der Waals surface area contributed by atoms with Crippen molar-refractivity contribution in [2.45, 2.75) is 18.4 Å². The number of anilines is 5. The quantitative estimate of drug-likeness (QED) is 0.181. The highest BCUT2D eigenvalue weighted by atomic mass is 16.3. The van der Waals surface area contributed by atoms with E-state index in [0.717, 1.165) is 56.1 Å². The van der Waals surface area contributed by atoms with Crippen molar-refractivity contribution in [1.82, 2.24) is 4.57 Å². The first-order valence-corrected chi connectivity index (χ1v) is 18.3. The predicted molar refractivity (Wildman–Crippen MR) is 220 cm³/mol. The Morgan fingerprint density at radius 1 is 0.566 bits per heavy atom. The SMILES string of the molecule is CC12C=Cc3c(oc4c3ccc3c4c4ccccc4n3-c3ccccc3)C1c1ccccc1N2c1cccc(N(c2ccccc2)c2ccccc2)c1. The fourth-order valence-electron chi connectivity index (χ4n) is 9.14. The van der Waals surface area contributed by atoms with Gasteiger partial charge in [-0.3, -0.25) is 0 Å². The highest BCUT2D eigenvalue weighted by molar-refractivity contribution is 6.20. The second-order valence-electron chi connectivity index (χ2n) is 14.3. The van der Waals surface area contributed by atoms with Crippen LogP contribution in [-0.4, -0.2) is 10.1 Å². The van der Waals surface area contributed by atoms with Crippen LogP contribution < -0.4 is 9.80 Å². The van der Waals surface area contributed by atoms with Gasteiger partial charge in [-0.15, -0.1) is 0 Å². The van der Waals surface area contributed by atoms with Crippen molar-refractivity contribution in [3.63, 3.8) is 0 Å². The third-order valence-electron chi connectivity index (χ3n) is 11.4. The minimum absolute atomic E-state index is 0.00775. The maximum atomic E-state index is 7.26. The molecule has 0 bridgehead atoms.